The van der Waals surface area contributed by atoms with Gasteiger partial charge < -0.3 is 10.3 Å². The normalized spacial score (nSPS) is 19.4. The highest BCUT2D eigenvalue weighted by molar-refractivity contribution is 5.61. The molecular formula is C11H14F3N5O2. The summed E-state index contributed by atoms with van der Waals surface area (Å²) in [6.45, 7) is -0.0557. The lowest BCUT2D eigenvalue weighted by molar-refractivity contribution is -0.384. The van der Waals surface area contributed by atoms with Crippen LogP contribution in [0.15, 0.2) is 12.1 Å². The van der Waals surface area contributed by atoms with Gasteiger partial charge in [0.2, 0.25) is 5.82 Å². The minimum atomic E-state index is -4.32. The number of rotatable bonds is 3. The Morgan fingerprint density at radius 3 is 2.76 bits per heavy atom. The summed E-state index contributed by atoms with van der Waals surface area (Å²) in [6, 6.07) is 2.47. The van der Waals surface area contributed by atoms with Crippen molar-refractivity contribution in [2.24, 2.45) is 11.8 Å². The van der Waals surface area contributed by atoms with Crippen LogP contribution in [0.3, 0.4) is 0 Å². The Morgan fingerprint density at radius 1 is 1.48 bits per heavy atom. The zero-order valence-electron chi connectivity index (χ0n) is 10.9. The molecule has 1 aliphatic heterocycles. The molecule has 1 aromatic rings. The van der Waals surface area contributed by atoms with Crippen LogP contribution >= 0.6 is 0 Å². The largest absolute Gasteiger partial charge is 0.393 e. The fourth-order valence-corrected chi connectivity index (χ4v) is 2.33. The van der Waals surface area contributed by atoms with Gasteiger partial charge in [-0.1, -0.05) is 0 Å². The maximum absolute atomic E-state index is 12.8. The number of hydrazine groups is 1. The van der Waals surface area contributed by atoms with E-state index >= 15 is 0 Å². The molecule has 1 atom stereocenters. The number of anilines is 2. The smallest absolute Gasteiger partial charge is 0.350 e. The van der Waals surface area contributed by atoms with Crippen LogP contribution in [0.4, 0.5) is 30.5 Å². The van der Waals surface area contributed by atoms with Gasteiger partial charge in [0.15, 0.2) is 0 Å². The molecule has 1 unspecified atom stereocenters. The van der Waals surface area contributed by atoms with Crippen molar-refractivity contribution in [2.75, 3.05) is 23.4 Å². The number of hydrogen-bond donors (Lipinski definition) is 2. The molecule has 7 nitrogen and oxygen atoms in total. The summed E-state index contributed by atoms with van der Waals surface area (Å²) >= 11 is 0. The molecule has 3 N–H and O–H groups in total. The summed E-state index contributed by atoms with van der Waals surface area (Å²) in [7, 11) is 0. The summed E-state index contributed by atoms with van der Waals surface area (Å²) in [5.41, 5.74) is 1.90. The Morgan fingerprint density at radius 2 is 2.19 bits per heavy atom. The Balaban J connectivity index is 2.33. The van der Waals surface area contributed by atoms with Gasteiger partial charge in [-0.05, 0) is 18.9 Å². The van der Waals surface area contributed by atoms with Crippen LogP contribution < -0.4 is 16.2 Å². The van der Waals surface area contributed by atoms with Gasteiger partial charge in [-0.2, -0.15) is 13.2 Å². The number of hydrogen-bond acceptors (Lipinski definition) is 6. The predicted molar refractivity (Wildman–Crippen MR) is 69.7 cm³/mol. The second-order valence-corrected chi connectivity index (χ2v) is 4.77. The van der Waals surface area contributed by atoms with E-state index in [1.165, 1.54) is 17.0 Å². The first-order valence-electron chi connectivity index (χ1n) is 6.26. The average molecular weight is 305 g/mol. The lowest BCUT2D eigenvalue weighted by atomic mass is 9.97. The molecule has 0 amide bonds. The van der Waals surface area contributed by atoms with E-state index in [9.17, 15) is 23.3 Å². The topological polar surface area (TPSA) is 97.3 Å². The standard InChI is InChI=1S/C11H14F3N5O2/c12-11(13,14)7-2-1-5-18(6-7)10-8(19(20)21)3-4-9(16-10)17-15/h3-4,7H,1-2,5-6,15H2,(H,16,17). The van der Waals surface area contributed by atoms with E-state index in [1.54, 1.807) is 0 Å². The van der Waals surface area contributed by atoms with Gasteiger partial charge in [-0.25, -0.2) is 10.8 Å². The highest BCUT2D eigenvalue weighted by Gasteiger charge is 2.42. The van der Waals surface area contributed by atoms with Crippen LogP contribution in [0.25, 0.3) is 0 Å². The highest BCUT2D eigenvalue weighted by atomic mass is 19.4. The number of nitro groups is 1. The molecule has 0 radical (unpaired) electrons. The van der Waals surface area contributed by atoms with E-state index in [0.29, 0.717) is 6.42 Å². The molecule has 10 heteroatoms. The van der Waals surface area contributed by atoms with E-state index in [4.69, 9.17) is 5.84 Å². The molecule has 0 bridgehead atoms. The summed E-state index contributed by atoms with van der Waals surface area (Å²) in [6.07, 6.45) is -4.01. The van der Waals surface area contributed by atoms with Gasteiger partial charge in [0.1, 0.15) is 5.82 Å². The van der Waals surface area contributed by atoms with Crippen molar-refractivity contribution in [3.63, 3.8) is 0 Å². The monoisotopic (exact) mass is 305 g/mol. The summed E-state index contributed by atoms with van der Waals surface area (Å²) < 4.78 is 38.5. The maximum Gasteiger partial charge on any atom is 0.393 e. The quantitative estimate of drug-likeness (QED) is 0.504. The van der Waals surface area contributed by atoms with Gasteiger partial charge in [0.25, 0.3) is 0 Å². The molecule has 2 rings (SSSR count). The van der Waals surface area contributed by atoms with Gasteiger partial charge in [0, 0.05) is 19.2 Å². The summed E-state index contributed by atoms with van der Waals surface area (Å²) in [5, 5.41) is 11.0. The predicted octanol–water partition coefficient (Wildman–Crippen LogP) is 2.05. The zero-order chi connectivity index (χ0) is 15.6. The Labute approximate surface area is 118 Å². The van der Waals surface area contributed by atoms with Crippen LogP contribution in [-0.4, -0.2) is 29.2 Å². The fraction of sp³-hybridized carbons (Fsp3) is 0.545. The molecule has 1 aromatic heterocycles. The van der Waals surface area contributed by atoms with Crippen LogP contribution in [0.1, 0.15) is 12.8 Å². The first-order valence-corrected chi connectivity index (χ1v) is 6.26. The first-order chi connectivity index (χ1) is 9.82. The van der Waals surface area contributed by atoms with Crippen LogP contribution in [0.5, 0.6) is 0 Å². The van der Waals surface area contributed by atoms with Crippen LogP contribution in [-0.2, 0) is 0 Å². The molecule has 0 aromatic carbocycles. The van der Waals surface area contributed by atoms with Crippen LogP contribution in [0.2, 0.25) is 0 Å². The van der Waals surface area contributed by atoms with E-state index in [1.807, 2.05) is 0 Å². The molecule has 1 aliphatic rings. The van der Waals surface area contributed by atoms with E-state index < -0.39 is 17.0 Å². The highest BCUT2D eigenvalue weighted by Crippen LogP contribution is 2.37. The fourth-order valence-electron chi connectivity index (χ4n) is 2.33. The Bertz CT molecular complexity index is 537. The zero-order valence-corrected chi connectivity index (χ0v) is 10.9. The molecule has 1 saturated heterocycles. The van der Waals surface area contributed by atoms with Crippen molar-refractivity contribution in [2.45, 2.75) is 19.0 Å². The molecule has 116 valence electrons. The number of pyridine rings is 1. The Hall–Kier alpha value is -2.10. The van der Waals surface area contributed by atoms with E-state index in [0.717, 1.165) is 0 Å². The van der Waals surface area contributed by atoms with Gasteiger partial charge in [0.05, 0.1) is 10.8 Å². The summed E-state index contributed by atoms with van der Waals surface area (Å²) in [4.78, 5) is 15.6. The number of nitrogen functional groups attached to an aromatic ring is 1. The molecule has 0 aliphatic carbocycles. The molecular weight excluding hydrogens is 291 g/mol. The number of alkyl halides is 3. The second-order valence-electron chi connectivity index (χ2n) is 4.77. The number of nitrogens with one attached hydrogen (secondary N) is 1. The van der Waals surface area contributed by atoms with Gasteiger partial charge in [-0.3, -0.25) is 10.1 Å². The first kappa shape index (κ1) is 15.3. The van der Waals surface area contributed by atoms with Gasteiger partial charge in [-0.15, -0.1) is 0 Å². The molecule has 21 heavy (non-hydrogen) atoms. The number of halogens is 3. The Kier molecular flexibility index (Phi) is 4.16. The van der Waals surface area contributed by atoms with Crippen LogP contribution in [0, 0.1) is 16.0 Å². The SMILES string of the molecule is NNc1ccc([N+](=O)[O-])c(N2CCCC(C(F)(F)F)C2)n1. The number of nitrogens with zero attached hydrogens (tertiary/aromatic N) is 3. The number of piperidine rings is 1. The van der Waals surface area contributed by atoms with Crippen molar-refractivity contribution >= 4 is 17.3 Å². The summed E-state index contributed by atoms with van der Waals surface area (Å²) in [5.74, 6) is 3.74. The number of nitrogens with two attached hydrogens (primary N) is 1. The van der Waals surface area contributed by atoms with Crippen molar-refractivity contribution in [1.82, 2.24) is 4.98 Å². The minimum absolute atomic E-state index is 0.0165. The second kappa shape index (κ2) is 5.72. The average Bonchev–Trinajstić information content (AvgIpc) is 2.45. The van der Waals surface area contributed by atoms with E-state index in [-0.39, 0.29) is 36.8 Å². The van der Waals surface area contributed by atoms with Gasteiger partial charge >= 0.3 is 11.9 Å². The molecule has 0 spiro atoms. The lowest BCUT2D eigenvalue weighted by Crippen LogP contribution is -2.42. The minimum Gasteiger partial charge on any atom is -0.350 e. The number of aromatic nitrogens is 1. The third-order valence-electron chi connectivity index (χ3n) is 3.38. The molecule has 2 heterocycles. The third kappa shape index (κ3) is 3.32. The van der Waals surface area contributed by atoms with E-state index in [2.05, 4.69) is 10.4 Å². The van der Waals surface area contributed by atoms with Crippen molar-refractivity contribution in [1.29, 1.82) is 0 Å². The van der Waals surface area contributed by atoms with Crippen molar-refractivity contribution in [3.8, 4) is 0 Å². The van der Waals surface area contributed by atoms with Crippen molar-refractivity contribution in [3.05, 3.63) is 22.2 Å². The lowest BCUT2D eigenvalue weighted by Gasteiger charge is -2.34. The molecule has 1 fully saturated rings. The molecule has 0 saturated carbocycles. The maximum atomic E-state index is 12.8. The third-order valence-corrected chi connectivity index (χ3v) is 3.38. The van der Waals surface area contributed by atoms with Crippen molar-refractivity contribution < 1.29 is 18.1 Å².